The van der Waals surface area contributed by atoms with Gasteiger partial charge in [0.1, 0.15) is 5.75 Å². The molecule has 0 spiro atoms. The molecule has 1 N–H and O–H groups in total. The van der Waals surface area contributed by atoms with Crippen molar-refractivity contribution < 1.29 is 22.7 Å². The quantitative estimate of drug-likeness (QED) is 0.777. The zero-order chi connectivity index (χ0) is 20.7. The van der Waals surface area contributed by atoms with Crippen molar-refractivity contribution in [1.29, 1.82) is 0 Å². The highest BCUT2D eigenvalue weighted by atomic mass is 19.4. The molecule has 1 atom stereocenters. The molecule has 1 heterocycles. The molecule has 0 aromatic heterocycles. The Balaban J connectivity index is 2.14. The van der Waals surface area contributed by atoms with Gasteiger partial charge < -0.3 is 4.74 Å². The minimum absolute atomic E-state index is 0.00704. The summed E-state index contributed by atoms with van der Waals surface area (Å²) in [7, 11) is 0. The number of carbonyl (C=O) groups excluding carboxylic acids is 1. The van der Waals surface area contributed by atoms with Crippen LogP contribution in [0.3, 0.4) is 0 Å². The molecule has 1 aliphatic heterocycles. The van der Waals surface area contributed by atoms with Gasteiger partial charge in [-0.2, -0.15) is 18.2 Å². The van der Waals surface area contributed by atoms with Crippen LogP contribution in [0.5, 0.6) is 5.75 Å². The summed E-state index contributed by atoms with van der Waals surface area (Å²) < 4.78 is 48.4. The number of halogens is 3. The third-order valence-corrected chi connectivity index (χ3v) is 4.84. The van der Waals surface area contributed by atoms with Crippen molar-refractivity contribution in [2.45, 2.75) is 51.9 Å². The van der Waals surface area contributed by atoms with Crippen LogP contribution in [0.2, 0.25) is 0 Å². The zero-order valence-electron chi connectivity index (χ0n) is 16.4. The summed E-state index contributed by atoms with van der Waals surface area (Å²) in [5.74, 6) is 0.432. The number of benzene rings is 2. The van der Waals surface area contributed by atoms with Crippen molar-refractivity contribution in [2.75, 3.05) is 6.61 Å². The summed E-state index contributed by atoms with van der Waals surface area (Å²) in [5.41, 5.74) is 1.54. The van der Waals surface area contributed by atoms with Crippen LogP contribution in [0.25, 0.3) is 10.8 Å². The van der Waals surface area contributed by atoms with Gasteiger partial charge in [0.05, 0.1) is 6.61 Å². The van der Waals surface area contributed by atoms with Crippen LogP contribution in [0, 0.1) is 5.92 Å². The van der Waals surface area contributed by atoms with E-state index in [1.807, 2.05) is 13.8 Å². The smallest absolute Gasteiger partial charge is 0.409 e. The van der Waals surface area contributed by atoms with Crippen molar-refractivity contribution in [3.63, 3.8) is 0 Å². The summed E-state index contributed by atoms with van der Waals surface area (Å²) in [4.78, 5) is 11.9. The summed E-state index contributed by atoms with van der Waals surface area (Å²) in [6.45, 7) is 7.75. The average molecular weight is 394 g/mol. The zero-order valence-corrected chi connectivity index (χ0v) is 16.4. The second kappa shape index (κ2) is 7.28. The number of rotatable bonds is 5. The normalized spacial score (nSPS) is 18.5. The predicted octanol–water partition coefficient (Wildman–Crippen LogP) is 4.99. The highest BCUT2D eigenvalue weighted by molar-refractivity contribution is 5.91. The van der Waals surface area contributed by atoms with E-state index in [1.54, 1.807) is 44.2 Å². The molecule has 0 radical (unpaired) electrons. The molecule has 4 nitrogen and oxygen atoms in total. The molecule has 2 aromatic rings. The first kappa shape index (κ1) is 20.5. The van der Waals surface area contributed by atoms with Crippen LogP contribution in [0.15, 0.2) is 36.4 Å². The van der Waals surface area contributed by atoms with E-state index in [1.165, 1.54) is 6.07 Å². The van der Waals surface area contributed by atoms with E-state index in [-0.39, 0.29) is 12.0 Å². The number of ether oxygens (including phenoxy) is 1. The highest BCUT2D eigenvalue weighted by Crippen LogP contribution is 2.45. The molecule has 152 valence electrons. The minimum Gasteiger partial charge on any atom is -0.493 e. The number of fused-ring (bicyclic) bond motifs is 1. The number of alkyl halides is 3. The number of nitrogens with zero attached hydrogens (tertiary/aromatic N) is 1. The second-order valence-corrected chi connectivity index (χ2v) is 8.24. The average Bonchev–Trinajstić information content (AvgIpc) is 2.85. The van der Waals surface area contributed by atoms with Gasteiger partial charge in [0.25, 0.3) is 0 Å². The van der Waals surface area contributed by atoms with E-state index >= 15 is 0 Å². The molecule has 2 aromatic carbocycles. The van der Waals surface area contributed by atoms with Gasteiger partial charge in [0, 0.05) is 17.3 Å². The molecule has 3 rings (SSSR count). The third kappa shape index (κ3) is 3.94. The molecule has 0 bridgehead atoms. The Hall–Kier alpha value is -2.28. The first-order valence-corrected chi connectivity index (χ1v) is 9.30. The Morgan fingerprint density at radius 1 is 1.14 bits per heavy atom. The molecular weight excluding hydrogens is 369 g/mol. The lowest BCUT2D eigenvalue weighted by molar-refractivity contribution is -0.203. The lowest BCUT2D eigenvalue weighted by atomic mass is 9.93. The lowest BCUT2D eigenvalue weighted by Gasteiger charge is -2.38. The second-order valence-electron chi connectivity index (χ2n) is 8.24. The summed E-state index contributed by atoms with van der Waals surface area (Å²) in [6, 6.07) is 7.99. The topological polar surface area (TPSA) is 41.6 Å². The number of nitrogens with one attached hydrogen (secondary N) is 1. The SMILES string of the molecule is CC(C)COc1ccc([C@H](N2NC(=O)CC2(C)C)C(F)(F)F)c2ccccc12. The van der Waals surface area contributed by atoms with Gasteiger partial charge in [0.15, 0.2) is 6.04 Å². The van der Waals surface area contributed by atoms with Gasteiger partial charge in [-0.3, -0.25) is 10.2 Å². The molecule has 0 aliphatic carbocycles. The van der Waals surface area contributed by atoms with Crippen LogP contribution >= 0.6 is 0 Å². The number of amides is 1. The maximum absolute atomic E-state index is 14.2. The number of carbonyl (C=O) groups is 1. The maximum atomic E-state index is 14.2. The Kier molecular flexibility index (Phi) is 5.32. The van der Waals surface area contributed by atoms with Crippen molar-refractivity contribution in [2.24, 2.45) is 5.92 Å². The van der Waals surface area contributed by atoms with Crippen molar-refractivity contribution in [3.05, 3.63) is 42.0 Å². The molecule has 1 saturated heterocycles. The number of hydrogen-bond acceptors (Lipinski definition) is 3. The minimum atomic E-state index is -4.57. The van der Waals surface area contributed by atoms with Crippen molar-refractivity contribution in [3.8, 4) is 5.75 Å². The standard InChI is InChI=1S/C21H25F3N2O2/c1-13(2)12-28-17-10-9-16(14-7-5-6-8-15(14)17)19(21(22,23)24)26-20(3,4)11-18(27)25-26/h5-10,13,19H,11-12H2,1-4H3,(H,25,27)/t19-/m0/s1. The van der Waals surface area contributed by atoms with E-state index in [0.29, 0.717) is 29.0 Å². The number of hydrogen-bond donors (Lipinski definition) is 1. The Morgan fingerprint density at radius 2 is 1.79 bits per heavy atom. The van der Waals surface area contributed by atoms with Gasteiger partial charge in [-0.1, -0.05) is 44.2 Å². The molecule has 1 amide bonds. The van der Waals surface area contributed by atoms with E-state index < -0.39 is 23.7 Å². The van der Waals surface area contributed by atoms with E-state index in [4.69, 9.17) is 4.74 Å². The van der Waals surface area contributed by atoms with E-state index in [2.05, 4.69) is 5.43 Å². The number of hydrazine groups is 1. The predicted molar refractivity (Wildman–Crippen MR) is 102 cm³/mol. The summed E-state index contributed by atoms with van der Waals surface area (Å²) >= 11 is 0. The first-order chi connectivity index (χ1) is 13.0. The van der Waals surface area contributed by atoms with Crippen molar-refractivity contribution in [1.82, 2.24) is 10.4 Å². The van der Waals surface area contributed by atoms with Crippen LogP contribution in [-0.4, -0.2) is 29.2 Å². The fraction of sp³-hybridized carbons (Fsp3) is 0.476. The summed E-state index contributed by atoms with van der Waals surface area (Å²) in [5, 5.41) is 2.12. The van der Waals surface area contributed by atoms with Crippen LogP contribution in [0.4, 0.5) is 13.2 Å². The fourth-order valence-electron chi connectivity index (χ4n) is 3.59. The highest BCUT2D eigenvalue weighted by Gasteiger charge is 2.53. The van der Waals surface area contributed by atoms with Gasteiger partial charge in [-0.05, 0) is 36.8 Å². The molecule has 0 saturated carbocycles. The van der Waals surface area contributed by atoms with E-state index in [9.17, 15) is 18.0 Å². The molecule has 1 fully saturated rings. The third-order valence-electron chi connectivity index (χ3n) is 4.84. The molecule has 1 aliphatic rings. The van der Waals surface area contributed by atoms with Crippen LogP contribution in [0.1, 0.15) is 45.7 Å². The Labute approximate surface area is 162 Å². The molecular formula is C21H25F3N2O2. The largest absolute Gasteiger partial charge is 0.493 e. The molecule has 0 unspecified atom stereocenters. The first-order valence-electron chi connectivity index (χ1n) is 9.30. The van der Waals surface area contributed by atoms with E-state index in [0.717, 1.165) is 5.01 Å². The fourth-order valence-corrected chi connectivity index (χ4v) is 3.59. The molecule has 28 heavy (non-hydrogen) atoms. The van der Waals surface area contributed by atoms with Crippen LogP contribution in [-0.2, 0) is 4.79 Å². The van der Waals surface area contributed by atoms with Crippen molar-refractivity contribution >= 4 is 16.7 Å². The Morgan fingerprint density at radius 3 is 2.32 bits per heavy atom. The maximum Gasteiger partial charge on any atom is 0.409 e. The van der Waals surface area contributed by atoms with Crippen LogP contribution < -0.4 is 10.2 Å². The monoisotopic (exact) mass is 394 g/mol. The molecule has 7 heteroatoms. The van der Waals surface area contributed by atoms with Gasteiger partial charge >= 0.3 is 6.18 Å². The van der Waals surface area contributed by atoms with Gasteiger partial charge in [-0.15, -0.1) is 0 Å². The van der Waals surface area contributed by atoms with Gasteiger partial charge in [0.2, 0.25) is 5.91 Å². The summed E-state index contributed by atoms with van der Waals surface area (Å²) in [6.07, 6.45) is -4.56. The lowest BCUT2D eigenvalue weighted by Crippen LogP contribution is -2.51. The Bertz CT molecular complexity index is 878. The van der Waals surface area contributed by atoms with Gasteiger partial charge in [-0.25, -0.2) is 0 Å².